The lowest BCUT2D eigenvalue weighted by Crippen LogP contribution is -2.08. The molecule has 100 valence electrons. The third-order valence-corrected chi connectivity index (χ3v) is 2.45. The van der Waals surface area contributed by atoms with E-state index in [-0.39, 0.29) is 5.39 Å². The number of halogens is 3. The molecule has 0 aliphatic carbocycles. The number of nitrogens with zero attached hydrogens (tertiary/aromatic N) is 1. The number of aromatic hydroxyl groups is 2. The van der Waals surface area contributed by atoms with Crippen LogP contribution in [0.5, 0.6) is 11.5 Å². The molecule has 1 aromatic carbocycles. The number of hydrogen-bond acceptors (Lipinski definition) is 4. The summed E-state index contributed by atoms with van der Waals surface area (Å²) >= 11 is 0. The largest absolute Gasteiger partial charge is 0.507 e. The Morgan fingerprint density at radius 1 is 1.21 bits per heavy atom. The van der Waals surface area contributed by atoms with Crippen molar-refractivity contribution in [2.45, 2.75) is 6.18 Å². The van der Waals surface area contributed by atoms with Crippen molar-refractivity contribution in [3.8, 4) is 11.5 Å². The predicted molar refractivity (Wildman–Crippen MR) is 57.0 cm³/mol. The molecule has 5 nitrogen and oxygen atoms in total. The fourth-order valence-electron chi connectivity index (χ4n) is 1.58. The first-order valence-corrected chi connectivity index (χ1v) is 4.88. The van der Waals surface area contributed by atoms with E-state index in [2.05, 4.69) is 4.98 Å². The lowest BCUT2D eigenvalue weighted by atomic mass is 10.1. The zero-order valence-corrected chi connectivity index (χ0v) is 9.06. The molecule has 1 aromatic heterocycles. The average molecular weight is 273 g/mol. The van der Waals surface area contributed by atoms with Gasteiger partial charge in [0.05, 0.1) is 0 Å². The minimum atomic E-state index is -4.82. The summed E-state index contributed by atoms with van der Waals surface area (Å²) in [7, 11) is 0. The molecule has 0 radical (unpaired) electrons. The van der Waals surface area contributed by atoms with Gasteiger partial charge in [-0.05, 0) is 12.1 Å². The topological polar surface area (TPSA) is 90.7 Å². The molecule has 2 rings (SSSR count). The number of hydrogen-bond donors (Lipinski definition) is 3. The molecule has 8 heteroatoms. The van der Waals surface area contributed by atoms with Gasteiger partial charge in [-0.2, -0.15) is 13.2 Å². The van der Waals surface area contributed by atoms with Crippen LogP contribution >= 0.6 is 0 Å². The van der Waals surface area contributed by atoms with Gasteiger partial charge in [0, 0.05) is 11.5 Å². The van der Waals surface area contributed by atoms with E-state index in [0.29, 0.717) is 6.07 Å². The van der Waals surface area contributed by atoms with Gasteiger partial charge >= 0.3 is 12.1 Å². The fourth-order valence-corrected chi connectivity index (χ4v) is 1.58. The lowest BCUT2D eigenvalue weighted by Gasteiger charge is -2.10. The van der Waals surface area contributed by atoms with Crippen LogP contribution < -0.4 is 0 Å². The second kappa shape index (κ2) is 4.01. The summed E-state index contributed by atoms with van der Waals surface area (Å²) in [6.45, 7) is 0. The highest BCUT2D eigenvalue weighted by atomic mass is 19.4. The number of carboxylic acid groups (broad SMARTS) is 1. The Morgan fingerprint density at radius 2 is 1.84 bits per heavy atom. The van der Waals surface area contributed by atoms with Gasteiger partial charge in [0.15, 0.2) is 5.75 Å². The maximum atomic E-state index is 12.5. The molecule has 0 aliphatic heterocycles. The number of alkyl halides is 3. The minimum absolute atomic E-state index is 0.171. The van der Waals surface area contributed by atoms with E-state index in [1.165, 1.54) is 0 Å². The van der Waals surface area contributed by atoms with Crippen molar-refractivity contribution < 1.29 is 33.3 Å². The Morgan fingerprint density at radius 3 is 2.37 bits per heavy atom. The van der Waals surface area contributed by atoms with Gasteiger partial charge in [-0.25, -0.2) is 9.78 Å². The maximum absolute atomic E-state index is 12.5. The molecule has 0 bridgehead atoms. The molecule has 0 saturated carbocycles. The Balaban J connectivity index is 2.84. The van der Waals surface area contributed by atoms with Crippen molar-refractivity contribution in [1.29, 1.82) is 0 Å². The summed E-state index contributed by atoms with van der Waals surface area (Å²) in [6, 6.07) is 2.44. The van der Waals surface area contributed by atoms with E-state index >= 15 is 0 Å². The highest BCUT2D eigenvalue weighted by molar-refractivity contribution is 6.00. The summed E-state index contributed by atoms with van der Waals surface area (Å²) in [5.74, 6) is -3.19. The van der Waals surface area contributed by atoms with Gasteiger partial charge in [-0.1, -0.05) is 0 Å². The SMILES string of the molecule is O=C(O)c1ccc2c(O)cc(C(F)(F)F)nc2c1O. The molecule has 0 atom stereocenters. The quantitative estimate of drug-likeness (QED) is 0.742. The number of fused-ring (bicyclic) bond motifs is 1. The summed E-state index contributed by atoms with van der Waals surface area (Å²) in [6.07, 6.45) is -4.82. The molecule has 0 spiro atoms. The Kier molecular flexibility index (Phi) is 2.73. The molecule has 19 heavy (non-hydrogen) atoms. The van der Waals surface area contributed by atoms with E-state index in [9.17, 15) is 28.2 Å². The third kappa shape index (κ3) is 2.12. The van der Waals surface area contributed by atoms with Crippen LogP contribution in [0.25, 0.3) is 10.9 Å². The molecule has 3 N–H and O–H groups in total. The highest BCUT2D eigenvalue weighted by Gasteiger charge is 2.34. The zero-order valence-electron chi connectivity index (χ0n) is 9.06. The van der Waals surface area contributed by atoms with Crippen molar-refractivity contribution in [3.05, 3.63) is 29.5 Å². The Labute approximate surface area is 103 Å². The number of carbonyl (C=O) groups is 1. The van der Waals surface area contributed by atoms with Crippen LogP contribution in [0.4, 0.5) is 13.2 Å². The van der Waals surface area contributed by atoms with E-state index in [1.54, 1.807) is 0 Å². The Hall–Kier alpha value is -2.51. The van der Waals surface area contributed by atoms with Gasteiger partial charge in [-0.15, -0.1) is 0 Å². The highest BCUT2D eigenvalue weighted by Crippen LogP contribution is 2.37. The Bertz CT molecular complexity index is 682. The molecule has 0 fully saturated rings. The van der Waals surface area contributed by atoms with Crippen LogP contribution in [-0.2, 0) is 6.18 Å². The van der Waals surface area contributed by atoms with Gasteiger partial charge in [0.1, 0.15) is 22.5 Å². The first kappa shape index (κ1) is 12.9. The van der Waals surface area contributed by atoms with Crippen LogP contribution in [-0.4, -0.2) is 26.3 Å². The summed E-state index contributed by atoms with van der Waals surface area (Å²) < 4.78 is 37.5. The first-order chi connectivity index (χ1) is 8.71. The number of carboxylic acids is 1. The monoisotopic (exact) mass is 273 g/mol. The number of pyridine rings is 1. The van der Waals surface area contributed by atoms with Crippen LogP contribution in [0.15, 0.2) is 18.2 Å². The second-order valence-corrected chi connectivity index (χ2v) is 3.69. The number of benzene rings is 1. The number of aromatic carboxylic acids is 1. The third-order valence-electron chi connectivity index (χ3n) is 2.45. The maximum Gasteiger partial charge on any atom is 0.433 e. The normalized spacial score (nSPS) is 11.7. The molecule has 0 amide bonds. The van der Waals surface area contributed by atoms with Crippen LogP contribution in [0.2, 0.25) is 0 Å². The van der Waals surface area contributed by atoms with E-state index < -0.39 is 40.4 Å². The fraction of sp³-hybridized carbons (Fsp3) is 0.0909. The zero-order chi connectivity index (χ0) is 14.4. The van der Waals surface area contributed by atoms with Crippen molar-refractivity contribution in [2.24, 2.45) is 0 Å². The van der Waals surface area contributed by atoms with E-state index in [0.717, 1.165) is 12.1 Å². The lowest BCUT2D eigenvalue weighted by molar-refractivity contribution is -0.141. The van der Waals surface area contributed by atoms with Crippen LogP contribution in [0.3, 0.4) is 0 Å². The van der Waals surface area contributed by atoms with Gasteiger partial charge < -0.3 is 15.3 Å². The molecule has 2 aromatic rings. The van der Waals surface area contributed by atoms with Gasteiger partial charge in [-0.3, -0.25) is 0 Å². The second-order valence-electron chi connectivity index (χ2n) is 3.69. The first-order valence-electron chi connectivity index (χ1n) is 4.88. The standard InChI is InChI=1S/C11H6F3NO4/c12-11(13,14)7-3-6(16)4-1-2-5(10(18)19)9(17)8(4)15-7/h1-3,17H,(H,15,16)(H,18,19). The summed E-state index contributed by atoms with van der Waals surface area (Å²) in [5.41, 5.74) is -2.64. The molecule has 0 unspecified atom stereocenters. The van der Waals surface area contributed by atoms with Gasteiger partial charge in [0.2, 0.25) is 0 Å². The number of aromatic nitrogens is 1. The van der Waals surface area contributed by atoms with E-state index in [1.807, 2.05) is 0 Å². The number of rotatable bonds is 1. The smallest absolute Gasteiger partial charge is 0.433 e. The van der Waals surface area contributed by atoms with Crippen molar-refractivity contribution in [3.63, 3.8) is 0 Å². The van der Waals surface area contributed by atoms with Crippen molar-refractivity contribution >= 4 is 16.9 Å². The molecular formula is C11H6F3NO4. The minimum Gasteiger partial charge on any atom is -0.507 e. The molecular weight excluding hydrogens is 267 g/mol. The van der Waals surface area contributed by atoms with Crippen LogP contribution in [0, 0.1) is 0 Å². The average Bonchev–Trinajstić information content (AvgIpc) is 2.28. The molecule has 0 saturated heterocycles. The summed E-state index contributed by atoms with van der Waals surface area (Å²) in [4.78, 5) is 13.9. The number of phenols is 1. The van der Waals surface area contributed by atoms with Gasteiger partial charge in [0.25, 0.3) is 0 Å². The van der Waals surface area contributed by atoms with Crippen LogP contribution in [0.1, 0.15) is 16.1 Å². The predicted octanol–water partition coefficient (Wildman–Crippen LogP) is 2.36. The van der Waals surface area contributed by atoms with Crippen molar-refractivity contribution in [1.82, 2.24) is 4.98 Å². The molecule has 0 aliphatic rings. The van der Waals surface area contributed by atoms with E-state index in [4.69, 9.17) is 5.11 Å². The van der Waals surface area contributed by atoms with Crippen molar-refractivity contribution in [2.75, 3.05) is 0 Å². The summed E-state index contributed by atoms with van der Waals surface area (Å²) in [5, 5.41) is 27.7. The molecule has 1 heterocycles.